The molecule has 36 heavy (non-hydrogen) atoms. The normalized spacial score (nSPS) is 20.8. The quantitative estimate of drug-likeness (QED) is 0.573. The van der Waals surface area contributed by atoms with Crippen LogP contribution in [0.2, 0.25) is 0 Å². The molecule has 0 unspecified atom stereocenters. The molecule has 9 nitrogen and oxygen atoms in total. The number of hydrogen-bond donors (Lipinski definition) is 2. The second kappa shape index (κ2) is 10.5. The summed E-state index contributed by atoms with van der Waals surface area (Å²) in [6.45, 7) is 4.59. The van der Waals surface area contributed by atoms with Crippen LogP contribution < -0.4 is 15.4 Å². The van der Waals surface area contributed by atoms with Crippen LogP contribution in [-0.4, -0.2) is 78.0 Å². The van der Waals surface area contributed by atoms with E-state index in [0.717, 1.165) is 31.2 Å². The summed E-state index contributed by atoms with van der Waals surface area (Å²) in [5, 5.41) is 6.89. The molecule has 9 heteroatoms. The second-order valence-electron chi connectivity index (χ2n) is 10.6. The molecule has 3 amide bonds. The van der Waals surface area contributed by atoms with Gasteiger partial charge in [0.1, 0.15) is 17.0 Å². The summed E-state index contributed by atoms with van der Waals surface area (Å²) >= 11 is 0. The van der Waals surface area contributed by atoms with Gasteiger partial charge in [-0.15, -0.1) is 0 Å². The predicted molar refractivity (Wildman–Crippen MR) is 140 cm³/mol. The molecule has 1 fully saturated rings. The minimum absolute atomic E-state index is 0.122. The number of carbonyl (C=O) groups excluding carboxylic acids is 3. The van der Waals surface area contributed by atoms with Crippen LogP contribution in [0, 0.1) is 0 Å². The van der Waals surface area contributed by atoms with Crippen molar-refractivity contribution in [3.05, 3.63) is 23.9 Å². The average molecular weight is 498 g/mol. The van der Waals surface area contributed by atoms with Gasteiger partial charge in [-0.2, -0.15) is 0 Å². The SMILES string of the molecule is COc1ccc2c(c1)c(NC(C)=O)c1n2C[C@](C)(C(=O)NC2CCCCCC2)N(CCN(C)C)C1=O. The fraction of sp³-hybridized carbons (Fsp3) is 0.593. The Morgan fingerprint density at radius 2 is 1.86 bits per heavy atom. The molecule has 1 aliphatic heterocycles. The second-order valence-corrected chi connectivity index (χ2v) is 10.6. The van der Waals surface area contributed by atoms with Crippen LogP contribution in [0.25, 0.3) is 10.9 Å². The molecule has 196 valence electrons. The fourth-order valence-corrected chi connectivity index (χ4v) is 5.50. The number of nitrogens with zero attached hydrogens (tertiary/aromatic N) is 3. The van der Waals surface area contributed by atoms with Crippen molar-refractivity contribution in [1.29, 1.82) is 0 Å². The van der Waals surface area contributed by atoms with Gasteiger partial charge in [0.2, 0.25) is 11.8 Å². The zero-order valence-corrected chi connectivity index (χ0v) is 22.1. The van der Waals surface area contributed by atoms with E-state index in [0.29, 0.717) is 42.2 Å². The Balaban J connectivity index is 1.81. The molecule has 1 aromatic carbocycles. The molecule has 2 heterocycles. The van der Waals surface area contributed by atoms with Gasteiger partial charge in [-0.3, -0.25) is 14.4 Å². The number of benzene rings is 1. The van der Waals surface area contributed by atoms with Crippen LogP contribution in [0.15, 0.2) is 18.2 Å². The van der Waals surface area contributed by atoms with Gasteiger partial charge in [0.25, 0.3) is 5.91 Å². The number of nitrogens with one attached hydrogen (secondary N) is 2. The van der Waals surface area contributed by atoms with Crippen molar-refractivity contribution in [1.82, 2.24) is 19.7 Å². The highest BCUT2D eigenvalue weighted by Gasteiger charge is 2.49. The van der Waals surface area contributed by atoms with Crippen LogP contribution in [0.1, 0.15) is 62.9 Å². The molecular weight excluding hydrogens is 458 g/mol. The van der Waals surface area contributed by atoms with Gasteiger partial charge in [0.05, 0.1) is 24.9 Å². The molecule has 0 spiro atoms. The Morgan fingerprint density at radius 3 is 2.47 bits per heavy atom. The van der Waals surface area contributed by atoms with Gasteiger partial charge in [-0.05, 0) is 52.1 Å². The first-order valence-corrected chi connectivity index (χ1v) is 12.9. The number of likely N-dealkylation sites (N-methyl/N-ethyl adjacent to an activating group) is 1. The summed E-state index contributed by atoms with van der Waals surface area (Å²) in [5.41, 5.74) is 0.560. The third-order valence-electron chi connectivity index (χ3n) is 7.53. The molecule has 2 aromatic rings. The number of anilines is 1. The Bertz CT molecular complexity index is 1150. The van der Waals surface area contributed by atoms with E-state index in [1.807, 2.05) is 48.7 Å². The lowest BCUT2D eigenvalue weighted by molar-refractivity contribution is -0.133. The topological polar surface area (TPSA) is 95.9 Å². The number of ether oxygens (including phenoxy) is 1. The van der Waals surface area contributed by atoms with E-state index in [1.165, 1.54) is 19.8 Å². The van der Waals surface area contributed by atoms with Crippen molar-refractivity contribution in [3.63, 3.8) is 0 Å². The minimum Gasteiger partial charge on any atom is -0.497 e. The highest BCUT2D eigenvalue weighted by molar-refractivity contribution is 6.14. The van der Waals surface area contributed by atoms with E-state index in [1.54, 1.807) is 12.0 Å². The maximum atomic E-state index is 14.1. The van der Waals surface area contributed by atoms with E-state index in [2.05, 4.69) is 10.6 Å². The number of rotatable bonds is 7. The van der Waals surface area contributed by atoms with Crippen molar-refractivity contribution in [2.75, 3.05) is 39.6 Å². The predicted octanol–water partition coefficient (Wildman–Crippen LogP) is 3.22. The third-order valence-corrected chi connectivity index (χ3v) is 7.53. The largest absolute Gasteiger partial charge is 0.497 e. The first-order valence-electron chi connectivity index (χ1n) is 12.9. The number of aromatic nitrogens is 1. The van der Waals surface area contributed by atoms with Crippen LogP contribution in [0.4, 0.5) is 5.69 Å². The van der Waals surface area contributed by atoms with E-state index < -0.39 is 5.54 Å². The maximum absolute atomic E-state index is 14.1. The molecule has 1 saturated carbocycles. The van der Waals surface area contributed by atoms with Gasteiger partial charge < -0.3 is 29.7 Å². The lowest BCUT2D eigenvalue weighted by Crippen LogP contribution is -2.65. The summed E-state index contributed by atoms with van der Waals surface area (Å²) in [5.74, 6) is -0.0211. The third kappa shape index (κ3) is 4.93. The van der Waals surface area contributed by atoms with Crippen molar-refractivity contribution < 1.29 is 19.1 Å². The first kappa shape index (κ1) is 26.0. The van der Waals surface area contributed by atoms with E-state index >= 15 is 0 Å². The molecule has 2 aliphatic rings. The lowest BCUT2D eigenvalue weighted by atomic mass is 9.93. The molecule has 0 radical (unpaired) electrons. The zero-order valence-electron chi connectivity index (χ0n) is 22.1. The Labute approximate surface area is 213 Å². The highest BCUT2D eigenvalue weighted by atomic mass is 16.5. The zero-order chi connectivity index (χ0) is 26.0. The number of hydrogen-bond acceptors (Lipinski definition) is 5. The number of carbonyl (C=O) groups is 3. The monoisotopic (exact) mass is 497 g/mol. The van der Waals surface area contributed by atoms with E-state index in [4.69, 9.17) is 4.74 Å². The van der Waals surface area contributed by atoms with Gasteiger partial charge in [-0.25, -0.2) is 0 Å². The summed E-state index contributed by atoms with van der Waals surface area (Å²) in [6.07, 6.45) is 6.56. The fourth-order valence-electron chi connectivity index (χ4n) is 5.50. The molecule has 2 N–H and O–H groups in total. The van der Waals surface area contributed by atoms with Crippen molar-refractivity contribution in [3.8, 4) is 5.75 Å². The number of amides is 3. The van der Waals surface area contributed by atoms with Crippen LogP contribution >= 0.6 is 0 Å². The first-order chi connectivity index (χ1) is 17.2. The molecule has 1 aliphatic carbocycles. The molecular formula is C27H39N5O4. The Morgan fingerprint density at radius 1 is 1.17 bits per heavy atom. The molecule has 4 rings (SSSR count). The lowest BCUT2D eigenvalue weighted by Gasteiger charge is -2.45. The van der Waals surface area contributed by atoms with Gasteiger partial charge in [0.15, 0.2) is 0 Å². The molecule has 1 aromatic heterocycles. The van der Waals surface area contributed by atoms with Crippen molar-refractivity contribution >= 4 is 34.3 Å². The number of fused-ring (bicyclic) bond motifs is 3. The van der Waals surface area contributed by atoms with Crippen LogP contribution in [0.3, 0.4) is 0 Å². The summed E-state index contributed by atoms with van der Waals surface area (Å²) < 4.78 is 7.30. The minimum atomic E-state index is -1.08. The molecule has 0 saturated heterocycles. The van der Waals surface area contributed by atoms with Gasteiger partial charge >= 0.3 is 0 Å². The smallest absolute Gasteiger partial charge is 0.273 e. The number of methoxy groups -OCH3 is 1. The van der Waals surface area contributed by atoms with Crippen molar-refractivity contribution in [2.24, 2.45) is 0 Å². The highest BCUT2D eigenvalue weighted by Crippen LogP contribution is 2.40. The average Bonchev–Trinajstić information content (AvgIpc) is 2.96. The molecule has 1 atom stereocenters. The van der Waals surface area contributed by atoms with Crippen LogP contribution in [-0.2, 0) is 16.1 Å². The molecule has 0 bridgehead atoms. The Hall–Kier alpha value is -3.07. The summed E-state index contributed by atoms with van der Waals surface area (Å²) in [4.78, 5) is 43.9. The van der Waals surface area contributed by atoms with Gasteiger partial charge in [-0.1, -0.05) is 25.7 Å². The summed E-state index contributed by atoms with van der Waals surface area (Å²) in [6, 6.07) is 5.67. The standard InChI is InChI=1S/C27H39N5O4/c1-18(33)28-23-21-16-20(36-5)12-13-22(21)31-17-27(2,26(35)29-19-10-8-6-7-9-11-19)32(15-14-30(3)4)25(34)24(23)31/h12-13,16,19H,6-11,14-15,17H2,1-5H3,(H,28,33)(H,29,35)/t27-/m1/s1. The van der Waals surface area contributed by atoms with Gasteiger partial charge in [0, 0.05) is 31.4 Å². The maximum Gasteiger partial charge on any atom is 0.273 e. The van der Waals surface area contributed by atoms with E-state index in [9.17, 15) is 14.4 Å². The van der Waals surface area contributed by atoms with E-state index in [-0.39, 0.29) is 23.8 Å². The van der Waals surface area contributed by atoms with Crippen molar-refractivity contribution in [2.45, 2.75) is 70.5 Å². The van der Waals surface area contributed by atoms with Crippen LogP contribution in [0.5, 0.6) is 5.75 Å². The summed E-state index contributed by atoms with van der Waals surface area (Å²) in [7, 11) is 5.48. The Kier molecular flexibility index (Phi) is 7.59.